The van der Waals surface area contributed by atoms with Gasteiger partial charge in [0, 0.05) is 12.6 Å². The van der Waals surface area contributed by atoms with Crippen molar-refractivity contribution in [1.82, 2.24) is 10.2 Å². The second-order valence-corrected chi connectivity index (χ2v) is 4.82. The van der Waals surface area contributed by atoms with E-state index in [1.807, 2.05) is 0 Å². The molecule has 16 heavy (non-hydrogen) atoms. The van der Waals surface area contributed by atoms with Gasteiger partial charge in [-0.05, 0) is 19.3 Å². The van der Waals surface area contributed by atoms with E-state index in [1.54, 1.807) is 0 Å². The molecule has 1 saturated carbocycles. The van der Waals surface area contributed by atoms with Crippen molar-refractivity contribution in [3.05, 3.63) is 0 Å². The molecule has 2 fully saturated rings. The lowest BCUT2D eigenvalue weighted by Crippen LogP contribution is -2.57. The first-order chi connectivity index (χ1) is 7.74. The molecule has 90 valence electrons. The average Bonchev–Trinajstić information content (AvgIpc) is 2.76. The van der Waals surface area contributed by atoms with E-state index in [2.05, 4.69) is 12.2 Å². The Balaban J connectivity index is 2.07. The molecule has 0 spiro atoms. The fourth-order valence-corrected chi connectivity index (χ4v) is 2.76. The fourth-order valence-electron chi connectivity index (χ4n) is 2.76. The van der Waals surface area contributed by atoms with Gasteiger partial charge in [0.2, 0.25) is 5.91 Å². The molecule has 0 bridgehead atoms. The maximum Gasteiger partial charge on any atom is 0.324 e. The molecule has 1 atom stereocenters. The first-order valence-electron chi connectivity index (χ1n) is 6.35. The zero-order valence-corrected chi connectivity index (χ0v) is 9.87. The predicted octanol–water partition coefficient (Wildman–Crippen LogP) is 1.90. The van der Waals surface area contributed by atoms with Crippen LogP contribution in [0, 0.1) is 5.92 Å². The summed E-state index contributed by atoms with van der Waals surface area (Å²) >= 11 is 0. The van der Waals surface area contributed by atoms with Crippen LogP contribution in [0.4, 0.5) is 4.79 Å². The highest BCUT2D eigenvalue weighted by molar-refractivity contribution is 5.98. The summed E-state index contributed by atoms with van der Waals surface area (Å²) in [5.74, 6) is 0.0563. The quantitative estimate of drug-likeness (QED) is 0.796. The largest absolute Gasteiger partial charge is 0.337 e. The highest BCUT2D eigenvalue weighted by Crippen LogP contribution is 2.27. The smallest absolute Gasteiger partial charge is 0.324 e. The molecular weight excluding hydrogens is 204 g/mol. The van der Waals surface area contributed by atoms with Crippen LogP contribution in [-0.2, 0) is 4.79 Å². The molecule has 4 nitrogen and oxygen atoms in total. The fraction of sp³-hybridized carbons (Fsp3) is 0.833. The molecule has 1 aliphatic heterocycles. The number of nitrogens with zero attached hydrogens (tertiary/aromatic N) is 1. The number of urea groups is 1. The van der Waals surface area contributed by atoms with Gasteiger partial charge in [0.05, 0.1) is 5.92 Å². The van der Waals surface area contributed by atoms with Crippen molar-refractivity contribution in [3.63, 3.8) is 0 Å². The summed E-state index contributed by atoms with van der Waals surface area (Å²) in [7, 11) is 0. The van der Waals surface area contributed by atoms with E-state index < -0.39 is 0 Å². The van der Waals surface area contributed by atoms with Crippen LogP contribution < -0.4 is 5.32 Å². The lowest BCUT2D eigenvalue weighted by molar-refractivity contribution is -0.135. The molecule has 1 N–H and O–H groups in total. The molecule has 0 aromatic carbocycles. The summed E-state index contributed by atoms with van der Waals surface area (Å²) in [5.41, 5.74) is 0. The van der Waals surface area contributed by atoms with E-state index in [0.717, 1.165) is 38.5 Å². The molecule has 0 radical (unpaired) electrons. The Hall–Kier alpha value is -1.06. The van der Waals surface area contributed by atoms with Gasteiger partial charge in [-0.3, -0.25) is 9.69 Å². The Kier molecular flexibility index (Phi) is 3.46. The van der Waals surface area contributed by atoms with Gasteiger partial charge in [-0.1, -0.05) is 26.2 Å². The molecule has 1 aliphatic carbocycles. The molecule has 0 aromatic heterocycles. The number of rotatable bonds is 3. The van der Waals surface area contributed by atoms with E-state index in [1.165, 1.54) is 4.90 Å². The van der Waals surface area contributed by atoms with Gasteiger partial charge in [0.25, 0.3) is 0 Å². The highest BCUT2D eigenvalue weighted by Gasteiger charge is 2.38. The third-order valence-corrected chi connectivity index (χ3v) is 3.63. The zero-order chi connectivity index (χ0) is 11.5. The number of amides is 3. The number of hydrogen-bond acceptors (Lipinski definition) is 2. The standard InChI is InChI=1S/C12H20N2O2/c1-2-5-9-8-13-12(16)14(11(9)15)10-6-3-4-7-10/h9-10H,2-8H2,1H3,(H,13,16). The second-order valence-electron chi connectivity index (χ2n) is 4.82. The summed E-state index contributed by atoms with van der Waals surface area (Å²) in [6, 6.07) is -0.0172. The van der Waals surface area contributed by atoms with Gasteiger partial charge in [-0.25, -0.2) is 4.79 Å². The van der Waals surface area contributed by atoms with Gasteiger partial charge in [-0.15, -0.1) is 0 Å². The summed E-state index contributed by atoms with van der Waals surface area (Å²) < 4.78 is 0. The molecule has 4 heteroatoms. The van der Waals surface area contributed by atoms with Crippen molar-refractivity contribution in [1.29, 1.82) is 0 Å². The van der Waals surface area contributed by atoms with Crippen LogP contribution >= 0.6 is 0 Å². The third kappa shape index (κ3) is 2.06. The SMILES string of the molecule is CCCC1CNC(=O)N(C2CCCC2)C1=O. The van der Waals surface area contributed by atoms with Gasteiger partial charge in [0.1, 0.15) is 0 Å². The number of hydrogen-bond donors (Lipinski definition) is 1. The molecule has 3 amide bonds. The Morgan fingerprint density at radius 2 is 2.00 bits per heavy atom. The van der Waals surface area contributed by atoms with Crippen molar-refractivity contribution in [2.45, 2.75) is 51.5 Å². The lowest BCUT2D eigenvalue weighted by Gasteiger charge is -2.35. The Morgan fingerprint density at radius 1 is 1.31 bits per heavy atom. The maximum atomic E-state index is 12.2. The first kappa shape index (κ1) is 11.4. The predicted molar refractivity (Wildman–Crippen MR) is 60.9 cm³/mol. The van der Waals surface area contributed by atoms with Crippen LogP contribution in [-0.4, -0.2) is 29.4 Å². The van der Waals surface area contributed by atoms with E-state index in [-0.39, 0.29) is 23.9 Å². The van der Waals surface area contributed by atoms with Crippen LogP contribution in [0.1, 0.15) is 45.4 Å². The summed E-state index contributed by atoms with van der Waals surface area (Å²) in [6.45, 7) is 2.60. The normalized spacial score (nSPS) is 27.3. The van der Waals surface area contributed by atoms with Crippen LogP contribution in [0.15, 0.2) is 0 Å². The number of carbonyl (C=O) groups excluding carboxylic acids is 2. The van der Waals surface area contributed by atoms with E-state index in [0.29, 0.717) is 6.54 Å². The van der Waals surface area contributed by atoms with Crippen LogP contribution in [0.5, 0.6) is 0 Å². The Labute approximate surface area is 96.4 Å². The molecule has 1 saturated heterocycles. The minimum Gasteiger partial charge on any atom is -0.337 e. The van der Waals surface area contributed by atoms with Crippen molar-refractivity contribution in [2.24, 2.45) is 5.92 Å². The lowest BCUT2D eigenvalue weighted by atomic mass is 9.99. The van der Waals surface area contributed by atoms with Crippen molar-refractivity contribution in [3.8, 4) is 0 Å². The van der Waals surface area contributed by atoms with Gasteiger partial charge in [-0.2, -0.15) is 0 Å². The van der Waals surface area contributed by atoms with E-state index >= 15 is 0 Å². The topological polar surface area (TPSA) is 49.4 Å². The molecule has 0 aromatic rings. The van der Waals surface area contributed by atoms with Crippen LogP contribution in [0.3, 0.4) is 0 Å². The second kappa shape index (κ2) is 4.85. The van der Waals surface area contributed by atoms with E-state index in [9.17, 15) is 9.59 Å². The van der Waals surface area contributed by atoms with Crippen LogP contribution in [0.25, 0.3) is 0 Å². The molecule has 2 rings (SSSR count). The highest BCUT2D eigenvalue weighted by atomic mass is 16.2. The molecule has 2 aliphatic rings. The zero-order valence-electron chi connectivity index (χ0n) is 9.87. The number of nitrogens with one attached hydrogen (secondary N) is 1. The summed E-state index contributed by atoms with van der Waals surface area (Å²) in [5, 5.41) is 2.84. The number of carbonyl (C=O) groups is 2. The van der Waals surface area contributed by atoms with Gasteiger partial charge < -0.3 is 5.32 Å². The molecule has 1 unspecified atom stereocenters. The summed E-state index contributed by atoms with van der Waals surface area (Å²) in [6.07, 6.45) is 6.11. The monoisotopic (exact) mass is 224 g/mol. The van der Waals surface area contributed by atoms with Crippen molar-refractivity contribution >= 4 is 11.9 Å². The Morgan fingerprint density at radius 3 is 2.62 bits per heavy atom. The minimum absolute atomic E-state index is 0.00306. The van der Waals surface area contributed by atoms with Gasteiger partial charge >= 0.3 is 6.03 Å². The van der Waals surface area contributed by atoms with Crippen molar-refractivity contribution < 1.29 is 9.59 Å². The maximum absolute atomic E-state index is 12.2. The average molecular weight is 224 g/mol. The first-order valence-corrected chi connectivity index (χ1v) is 6.35. The molecular formula is C12H20N2O2. The van der Waals surface area contributed by atoms with Gasteiger partial charge in [0.15, 0.2) is 0 Å². The van der Waals surface area contributed by atoms with Crippen LogP contribution in [0.2, 0.25) is 0 Å². The van der Waals surface area contributed by atoms with Crippen molar-refractivity contribution in [2.75, 3.05) is 6.54 Å². The minimum atomic E-state index is -0.177. The molecule has 1 heterocycles. The summed E-state index contributed by atoms with van der Waals surface area (Å²) in [4.78, 5) is 25.4. The third-order valence-electron chi connectivity index (χ3n) is 3.63. The van der Waals surface area contributed by atoms with E-state index in [4.69, 9.17) is 0 Å². The number of imide groups is 1. The Bertz CT molecular complexity index is 285.